The lowest BCUT2D eigenvalue weighted by Gasteiger charge is -2.15. The highest BCUT2D eigenvalue weighted by atomic mass is 16.5. The summed E-state index contributed by atoms with van der Waals surface area (Å²) in [6.07, 6.45) is 0.731. The molecule has 6 heteroatoms. The van der Waals surface area contributed by atoms with Crippen molar-refractivity contribution in [1.29, 1.82) is 0 Å². The summed E-state index contributed by atoms with van der Waals surface area (Å²) in [5.74, 6) is -0.840. The number of ether oxygens (including phenoxy) is 2. The van der Waals surface area contributed by atoms with Gasteiger partial charge >= 0.3 is 5.97 Å². The average molecular weight is 355 g/mol. The number of carbonyl (C=O) groups excluding carboxylic acids is 2. The quantitative estimate of drug-likeness (QED) is 0.453. The van der Waals surface area contributed by atoms with Gasteiger partial charge in [0.05, 0.1) is 18.4 Å². The summed E-state index contributed by atoms with van der Waals surface area (Å²) >= 11 is 0. The number of esters is 1. The standard InChI is InChI=1S/C20H21NO5/c1-25-19(23)20(12-17(20)18(22)21-24)11-14-7-9-16(10-8-14)26-13-15-5-3-2-4-6-15/h2-10,17,24H,11-13H2,1H3,(H,21,22). The topological polar surface area (TPSA) is 84.9 Å². The molecule has 0 radical (unpaired) electrons. The van der Waals surface area contributed by atoms with Crippen molar-refractivity contribution in [3.8, 4) is 5.75 Å². The first-order valence-corrected chi connectivity index (χ1v) is 8.37. The Balaban J connectivity index is 1.64. The molecule has 2 aromatic rings. The highest BCUT2D eigenvalue weighted by Gasteiger charge is 2.64. The molecule has 2 aromatic carbocycles. The van der Waals surface area contributed by atoms with E-state index in [1.54, 1.807) is 5.48 Å². The van der Waals surface area contributed by atoms with Gasteiger partial charge in [0.15, 0.2) is 0 Å². The van der Waals surface area contributed by atoms with Crippen LogP contribution in [0.25, 0.3) is 0 Å². The van der Waals surface area contributed by atoms with Crippen LogP contribution in [0, 0.1) is 11.3 Å². The number of carbonyl (C=O) groups is 2. The van der Waals surface area contributed by atoms with Gasteiger partial charge in [0.1, 0.15) is 12.4 Å². The molecular weight excluding hydrogens is 334 g/mol. The van der Waals surface area contributed by atoms with E-state index >= 15 is 0 Å². The van der Waals surface area contributed by atoms with Crippen molar-refractivity contribution in [2.75, 3.05) is 7.11 Å². The van der Waals surface area contributed by atoms with Crippen LogP contribution < -0.4 is 10.2 Å². The highest BCUT2D eigenvalue weighted by Crippen LogP contribution is 2.55. The van der Waals surface area contributed by atoms with E-state index < -0.39 is 23.2 Å². The van der Waals surface area contributed by atoms with Gasteiger partial charge in [-0.05, 0) is 36.1 Å². The van der Waals surface area contributed by atoms with E-state index in [4.69, 9.17) is 14.7 Å². The number of rotatable bonds is 7. The molecule has 0 heterocycles. The van der Waals surface area contributed by atoms with Crippen LogP contribution in [0.5, 0.6) is 5.75 Å². The Labute approximate surface area is 151 Å². The summed E-state index contributed by atoms with van der Waals surface area (Å²) < 4.78 is 10.6. The maximum absolute atomic E-state index is 12.1. The Morgan fingerprint density at radius 2 is 1.81 bits per heavy atom. The fraction of sp³-hybridized carbons (Fsp3) is 0.300. The molecule has 0 aliphatic heterocycles. The molecule has 0 saturated heterocycles. The van der Waals surface area contributed by atoms with Crippen LogP contribution in [0.15, 0.2) is 54.6 Å². The van der Waals surface area contributed by atoms with Gasteiger partial charge in [-0.1, -0.05) is 42.5 Å². The van der Waals surface area contributed by atoms with Gasteiger partial charge in [-0.15, -0.1) is 0 Å². The van der Waals surface area contributed by atoms with E-state index in [-0.39, 0.29) is 0 Å². The summed E-state index contributed by atoms with van der Waals surface area (Å²) in [6, 6.07) is 17.3. The van der Waals surface area contributed by atoms with Gasteiger partial charge in [0.2, 0.25) is 5.91 Å². The van der Waals surface area contributed by atoms with Gasteiger partial charge in [-0.3, -0.25) is 14.8 Å². The van der Waals surface area contributed by atoms with E-state index in [1.165, 1.54) is 7.11 Å². The molecule has 0 aromatic heterocycles. The minimum Gasteiger partial charge on any atom is -0.489 e. The van der Waals surface area contributed by atoms with Crippen LogP contribution in [0.3, 0.4) is 0 Å². The fourth-order valence-electron chi connectivity index (χ4n) is 3.23. The van der Waals surface area contributed by atoms with E-state index in [1.807, 2.05) is 54.6 Å². The van der Waals surface area contributed by atoms with Gasteiger partial charge < -0.3 is 9.47 Å². The summed E-state index contributed by atoms with van der Waals surface area (Å²) in [4.78, 5) is 23.8. The van der Waals surface area contributed by atoms with Crippen molar-refractivity contribution in [3.05, 3.63) is 65.7 Å². The van der Waals surface area contributed by atoms with Crippen LogP contribution in [-0.4, -0.2) is 24.2 Å². The van der Waals surface area contributed by atoms with Crippen LogP contribution in [-0.2, 0) is 27.4 Å². The largest absolute Gasteiger partial charge is 0.489 e. The molecule has 1 fully saturated rings. The lowest BCUT2D eigenvalue weighted by atomic mass is 9.93. The predicted octanol–water partition coefficient (Wildman–Crippen LogP) is 2.49. The number of nitrogens with one attached hydrogen (secondary N) is 1. The van der Waals surface area contributed by atoms with Gasteiger partial charge in [-0.25, -0.2) is 5.48 Å². The first kappa shape index (κ1) is 17.9. The predicted molar refractivity (Wildman–Crippen MR) is 93.4 cm³/mol. The highest BCUT2D eigenvalue weighted by molar-refractivity contribution is 5.93. The van der Waals surface area contributed by atoms with E-state index in [9.17, 15) is 9.59 Å². The van der Waals surface area contributed by atoms with Crippen molar-refractivity contribution in [2.45, 2.75) is 19.4 Å². The third kappa shape index (κ3) is 3.70. The Bertz CT molecular complexity index is 775. The third-order valence-corrected chi connectivity index (χ3v) is 4.79. The van der Waals surface area contributed by atoms with E-state index in [2.05, 4.69) is 0 Å². The van der Waals surface area contributed by atoms with Crippen LogP contribution in [0.4, 0.5) is 0 Å². The molecule has 1 aliphatic carbocycles. The molecule has 2 atom stereocenters. The Hall–Kier alpha value is -2.86. The molecule has 0 spiro atoms. The van der Waals surface area contributed by atoms with Gasteiger partial charge in [0.25, 0.3) is 0 Å². The first-order chi connectivity index (χ1) is 12.6. The molecular formula is C20H21NO5. The minimum atomic E-state index is -0.909. The molecule has 1 amide bonds. The van der Waals surface area contributed by atoms with Crippen molar-refractivity contribution >= 4 is 11.9 Å². The zero-order valence-corrected chi connectivity index (χ0v) is 14.5. The van der Waals surface area contributed by atoms with Crippen LogP contribution >= 0.6 is 0 Å². The molecule has 2 N–H and O–H groups in total. The van der Waals surface area contributed by atoms with Crippen LogP contribution in [0.1, 0.15) is 17.5 Å². The number of benzene rings is 2. The number of amides is 1. The number of methoxy groups -OCH3 is 1. The summed E-state index contributed by atoms with van der Waals surface area (Å²) in [5.41, 5.74) is 2.69. The Morgan fingerprint density at radius 3 is 2.42 bits per heavy atom. The maximum Gasteiger partial charge on any atom is 0.312 e. The second-order valence-electron chi connectivity index (χ2n) is 6.48. The third-order valence-electron chi connectivity index (χ3n) is 4.79. The van der Waals surface area contributed by atoms with Gasteiger partial charge in [-0.2, -0.15) is 0 Å². The second-order valence-corrected chi connectivity index (χ2v) is 6.48. The Morgan fingerprint density at radius 1 is 1.12 bits per heavy atom. The average Bonchev–Trinajstić information content (AvgIpc) is 3.42. The summed E-state index contributed by atoms with van der Waals surface area (Å²) in [7, 11) is 1.30. The number of hydrogen-bond acceptors (Lipinski definition) is 5. The molecule has 6 nitrogen and oxygen atoms in total. The monoisotopic (exact) mass is 355 g/mol. The van der Waals surface area contributed by atoms with Crippen LogP contribution in [0.2, 0.25) is 0 Å². The normalized spacial score (nSPS) is 20.9. The zero-order chi connectivity index (χ0) is 18.6. The van der Waals surface area contributed by atoms with Crippen molar-refractivity contribution in [3.63, 3.8) is 0 Å². The molecule has 136 valence electrons. The molecule has 3 rings (SSSR count). The maximum atomic E-state index is 12.1. The number of hydroxylamine groups is 1. The Kier molecular flexibility index (Phi) is 5.23. The summed E-state index contributed by atoms with van der Waals surface area (Å²) in [5, 5.41) is 8.82. The fourth-order valence-corrected chi connectivity index (χ4v) is 3.23. The smallest absolute Gasteiger partial charge is 0.312 e. The molecule has 26 heavy (non-hydrogen) atoms. The minimum absolute atomic E-state index is 0.359. The molecule has 1 saturated carbocycles. The van der Waals surface area contributed by atoms with Crippen molar-refractivity contribution in [1.82, 2.24) is 5.48 Å². The van der Waals surface area contributed by atoms with Crippen molar-refractivity contribution < 1.29 is 24.3 Å². The van der Waals surface area contributed by atoms with Gasteiger partial charge in [0, 0.05) is 0 Å². The lowest BCUT2D eigenvalue weighted by molar-refractivity contribution is -0.149. The summed E-state index contributed by atoms with van der Waals surface area (Å²) in [6.45, 7) is 0.477. The zero-order valence-electron chi connectivity index (χ0n) is 14.5. The number of hydrogen-bond donors (Lipinski definition) is 2. The SMILES string of the molecule is COC(=O)C1(Cc2ccc(OCc3ccccc3)cc2)CC1C(=O)NO. The van der Waals surface area contributed by atoms with Crippen molar-refractivity contribution in [2.24, 2.45) is 11.3 Å². The molecule has 1 aliphatic rings. The first-order valence-electron chi connectivity index (χ1n) is 8.37. The molecule has 0 bridgehead atoms. The second kappa shape index (κ2) is 7.58. The van der Waals surface area contributed by atoms with E-state index in [0.29, 0.717) is 19.4 Å². The molecule has 2 unspecified atom stereocenters. The lowest BCUT2D eigenvalue weighted by Crippen LogP contribution is -2.30. The van der Waals surface area contributed by atoms with E-state index in [0.717, 1.165) is 16.9 Å².